The summed E-state index contributed by atoms with van der Waals surface area (Å²) < 4.78 is 5.54. The van der Waals surface area contributed by atoms with Crippen LogP contribution in [0.4, 0.5) is 0 Å². The second kappa shape index (κ2) is 17.0. The lowest BCUT2D eigenvalue weighted by Gasteiger charge is -2.39. The van der Waals surface area contributed by atoms with E-state index in [1.54, 1.807) is 6.92 Å². The highest BCUT2D eigenvalue weighted by atomic mass is 35.5. The second-order valence-corrected chi connectivity index (χ2v) is 11.5. The Bertz CT molecular complexity index is 699. The van der Waals surface area contributed by atoms with Crippen molar-refractivity contribution in [3.63, 3.8) is 0 Å². The number of nitrogens with one attached hydrogen (secondary N) is 1. The predicted octanol–water partition coefficient (Wildman–Crippen LogP) is 3.89. The van der Waals surface area contributed by atoms with Crippen molar-refractivity contribution in [3.05, 3.63) is 35.9 Å². The Morgan fingerprint density at radius 3 is 2.57 bits per heavy atom. The summed E-state index contributed by atoms with van der Waals surface area (Å²) in [6.45, 7) is 2.78. The summed E-state index contributed by atoms with van der Waals surface area (Å²) in [6, 6.07) is 10.4. The van der Waals surface area contributed by atoms with E-state index < -0.39 is 24.4 Å². The maximum Gasteiger partial charge on any atom is 0.136 e. The fraction of sp³-hybridized carbons (Fsp3) is 0.741. The molecule has 2 aliphatic heterocycles. The zero-order valence-electron chi connectivity index (χ0n) is 21.2. The van der Waals surface area contributed by atoms with Gasteiger partial charge in [0.15, 0.2) is 0 Å². The molecule has 1 aromatic carbocycles. The monoisotopic (exact) mass is 528 g/mol. The third kappa shape index (κ3) is 11.1. The lowest BCUT2D eigenvalue weighted by atomic mass is 9.93. The van der Waals surface area contributed by atoms with Crippen LogP contribution in [0.1, 0.15) is 63.9 Å². The van der Waals surface area contributed by atoms with Gasteiger partial charge in [0.25, 0.3) is 0 Å². The smallest absolute Gasteiger partial charge is 0.136 e. The summed E-state index contributed by atoms with van der Waals surface area (Å²) in [7, 11) is 0. The average molecular weight is 529 g/mol. The predicted molar refractivity (Wildman–Crippen MR) is 146 cm³/mol. The number of aliphatic hydroxyl groups excluding tert-OH is 2. The minimum Gasteiger partial charge on any atom is -0.390 e. The van der Waals surface area contributed by atoms with E-state index in [1.807, 2.05) is 6.26 Å². The van der Waals surface area contributed by atoms with Gasteiger partial charge in [-0.2, -0.15) is 0 Å². The van der Waals surface area contributed by atoms with E-state index in [0.717, 1.165) is 25.2 Å². The molecule has 0 radical (unpaired) electrons. The summed E-state index contributed by atoms with van der Waals surface area (Å²) in [5.41, 5.74) is 6.96. The van der Waals surface area contributed by atoms with Crippen LogP contribution in [0.2, 0.25) is 0 Å². The molecule has 8 atom stereocenters. The number of carbonyl (C=O) groups is 1. The Morgan fingerprint density at radius 2 is 1.91 bits per heavy atom. The molecular weight excluding hydrogens is 484 g/mol. The Hall–Kier alpha value is -0.670. The number of rotatable bonds is 10. The van der Waals surface area contributed by atoms with Gasteiger partial charge in [-0.3, -0.25) is 0 Å². The number of benzene rings is 1. The molecule has 200 valence electrons. The number of hydrogen-bond donors (Lipinski definition) is 4. The van der Waals surface area contributed by atoms with Crippen molar-refractivity contribution in [1.82, 2.24) is 5.32 Å². The lowest BCUT2D eigenvalue weighted by molar-refractivity contribution is -0.144. The summed E-state index contributed by atoms with van der Waals surface area (Å²) in [5.74, 6) is 0.823. The van der Waals surface area contributed by atoms with Crippen LogP contribution in [0.5, 0.6) is 0 Å². The number of aryl methyl sites for hydroxylation is 1. The Kier molecular flexibility index (Phi) is 14.8. The number of halogens is 1. The highest BCUT2D eigenvalue weighted by molar-refractivity contribution is 7.99. The van der Waals surface area contributed by atoms with E-state index in [2.05, 4.69) is 35.6 Å². The summed E-state index contributed by atoms with van der Waals surface area (Å²) >= 11 is 7.28. The highest BCUT2D eigenvalue weighted by Gasteiger charge is 2.40. The van der Waals surface area contributed by atoms with Crippen LogP contribution < -0.4 is 11.1 Å². The van der Waals surface area contributed by atoms with E-state index in [0.29, 0.717) is 0 Å². The summed E-state index contributed by atoms with van der Waals surface area (Å²) in [4.78, 5) is 10.8. The van der Waals surface area contributed by atoms with E-state index in [9.17, 15) is 15.0 Å². The fourth-order valence-corrected chi connectivity index (χ4v) is 5.58. The number of unbranched alkanes of at least 4 members (excludes halogenated alkanes) is 2. The van der Waals surface area contributed by atoms with Crippen LogP contribution in [-0.2, 0) is 16.0 Å². The summed E-state index contributed by atoms with van der Waals surface area (Å²) in [6.07, 6.45) is 11.3. The number of aldehydes is 1. The fourth-order valence-electron chi connectivity index (χ4n) is 4.77. The molecule has 8 heteroatoms. The molecule has 2 heterocycles. The van der Waals surface area contributed by atoms with Gasteiger partial charge in [0.1, 0.15) is 17.8 Å². The van der Waals surface area contributed by atoms with Gasteiger partial charge in [0.05, 0.1) is 18.2 Å². The van der Waals surface area contributed by atoms with Crippen LogP contribution in [-0.4, -0.2) is 70.5 Å². The standard InChI is InChI=1S/C18H27NO.C9H18ClNO3S/c20-15-18-12-11-17(13-14-19-18)10-6-2-5-9-16-7-3-1-4-8-16;1-4(10)7(11)8-5(12)3-6(13)9(14-8)15-2/h1,3-4,7-8,15,17-19H,2,5-6,9-14H2;4-9,12-13H,3,11H2,1-2H3/t;4?,5-,6-,7?,8?,9?/m.0/s1. The maximum absolute atomic E-state index is 10.8. The number of aliphatic hydroxyl groups is 2. The van der Waals surface area contributed by atoms with Gasteiger partial charge in [0.2, 0.25) is 0 Å². The lowest BCUT2D eigenvalue weighted by Crippen LogP contribution is -2.56. The van der Waals surface area contributed by atoms with E-state index in [4.69, 9.17) is 22.1 Å². The molecule has 6 nitrogen and oxygen atoms in total. The largest absolute Gasteiger partial charge is 0.390 e. The minimum absolute atomic E-state index is 0.109. The summed E-state index contributed by atoms with van der Waals surface area (Å²) in [5, 5.41) is 22.4. The molecule has 2 fully saturated rings. The first kappa shape index (κ1) is 30.6. The van der Waals surface area contributed by atoms with E-state index in [-0.39, 0.29) is 23.3 Å². The van der Waals surface area contributed by atoms with Gasteiger partial charge in [0, 0.05) is 17.8 Å². The highest BCUT2D eigenvalue weighted by Crippen LogP contribution is 2.29. The van der Waals surface area contributed by atoms with Crippen LogP contribution >= 0.6 is 23.4 Å². The van der Waals surface area contributed by atoms with E-state index in [1.165, 1.54) is 62.3 Å². The molecule has 6 unspecified atom stereocenters. The van der Waals surface area contributed by atoms with Crippen molar-refractivity contribution < 1.29 is 19.7 Å². The first-order chi connectivity index (χ1) is 16.8. The average Bonchev–Trinajstić information content (AvgIpc) is 3.10. The van der Waals surface area contributed by atoms with Gasteiger partial charge >= 0.3 is 0 Å². The molecule has 0 aromatic heterocycles. The number of carbonyl (C=O) groups excluding carboxylic acids is 1. The molecule has 0 spiro atoms. The quantitative estimate of drug-likeness (QED) is 0.207. The van der Waals surface area contributed by atoms with Crippen molar-refractivity contribution in [1.29, 1.82) is 0 Å². The van der Waals surface area contributed by atoms with Crippen LogP contribution in [0.25, 0.3) is 0 Å². The number of ether oxygens (including phenoxy) is 1. The van der Waals surface area contributed by atoms with Crippen LogP contribution in [0, 0.1) is 5.92 Å². The Labute approximate surface area is 220 Å². The first-order valence-corrected chi connectivity index (χ1v) is 14.7. The molecule has 0 bridgehead atoms. The molecular formula is C27H45ClN2O4S. The number of alkyl halides is 1. The molecule has 0 amide bonds. The van der Waals surface area contributed by atoms with Crippen LogP contribution in [0.3, 0.4) is 0 Å². The van der Waals surface area contributed by atoms with Gasteiger partial charge in [-0.1, -0.05) is 49.6 Å². The first-order valence-electron chi connectivity index (χ1n) is 13.0. The molecule has 0 aliphatic carbocycles. The molecule has 0 saturated carbocycles. The molecule has 2 saturated heterocycles. The molecule has 1 aromatic rings. The van der Waals surface area contributed by atoms with Gasteiger partial charge in [-0.05, 0) is 63.3 Å². The SMILES string of the molecule is CSC1OC(C(N)C(C)Cl)[C@@H](O)C[C@@H]1O.O=CC1CCC(CCCCCc2ccccc2)CCN1. The van der Waals surface area contributed by atoms with E-state index >= 15 is 0 Å². The second-order valence-electron chi connectivity index (χ2n) is 9.84. The van der Waals surface area contributed by atoms with Crippen LogP contribution in [0.15, 0.2) is 30.3 Å². The molecule has 3 rings (SSSR count). The Morgan fingerprint density at radius 1 is 1.17 bits per heavy atom. The topological polar surface area (TPSA) is 105 Å². The van der Waals surface area contributed by atoms with Gasteiger partial charge < -0.3 is 30.8 Å². The van der Waals surface area contributed by atoms with Gasteiger partial charge in [-0.25, -0.2) is 0 Å². The number of thioether (sulfide) groups is 1. The zero-order valence-corrected chi connectivity index (χ0v) is 22.8. The number of hydrogen-bond acceptors (Lipinski definition) is 7. The third-order valence-corrected chi connectivity index (χ3v) is 8.22. The molecule has 2 aliphatic rings. The normalized spacial score (nSPS) is 30.9. The van der Waals surface area contributed by atoms with Crippen molar-refractivity contribution in [3.8, 4) is 0 Å². The molecule has 35 heavy (non-hydrogen) atoms. The van der Waals surface area contributed by atoms with Crippen molar-refractivity contribution in [2.45, 2.75) is 106 Å². The number of nitrogens with two attached hydrogens (primary N) is 1. The van der Waals surface area contributed by atoms with Crippen molar-refractivity contribution in [2.75, 3.05) is 12.8 Å². The third-order valence-electron chi connectivity index (χ3n) is 7.04. The maximum atomic E-state index is 10.8. The zero-order chi connectivity index (χ0) is 25.6. The van der Waals surface area contributed by atoms with Gasteiger partial charge in [-0.15, -0.1) is 23.4 Å². The Balaban J connectivity index is 0.000000258. The molecule has 5 N–H and O–H groups in total. The minimum atomic E-state index is -0.750. The van der Waals surface area contributed by atoms with Crippen molar-refractivity contribution >= 4 is 29.6 Å². The van der Waals surface area contributed by atoms with Crippen molar-refractivity contribution in [2.24, 2.45) is 11.7 Å².